The predicted octanol–water partition coefficient (Wildman–Crippen LogP) is 7.18. The first kappa shape index (κ1) is 34.5. The summed E-state index contributed by atoms with van der Waals surface area (Å²) in [7, 11) is -0.00774. The fourth-order valence-electron chi connectivity index (χ4n) is 5.32. The summed E-state index contributed by atoms with van der Waals surface area (Å²) in [6.45, 7) is 16.9. The summed E-state index contributed by atoms with van der Waals surface area (Å²) in [6, 6.07) is 8.20. The van der Waals surface area contributed by atoms with E-state index in [9.17, 15) is 18.0 Å². The summed E-state index contributed by atoms with van der Waals surface area (Å²) in [5.74, 6) is -0.772. The highest BCUT2D eigenvalue weighted by molar-refractivity contribution is 6.74. The van der Waals surface area contributed by atoms with Crippen LogP contribution in [0.2, 0.25) is 18.1 Å². The highest BCUT2D eigenvalue weighted by Gasteiger charge is 2.37. The van der Waals surface area contributed by atoms with Crippen molar-refractivity contribution >= 4 is 53.4 Å². The largest absolute Gasteiger partial charge is 0.573 e. The van der Waals surface area contributed by atoms with Gasteiger partial charge in [-0.25, -0.2) is 14.8 Å². The first-order valence-electron chi connectivity index (χ1n) is 15.8. The number of alkyl halides is 3. The normalized spacial score (nSPS) is 15.0. The Labute approximate surface area is 273 Å². The smallest absolute Gasteiger partial charge is 0.462 e. The number of esters is 1. The number of hydrogen-bond acceptors (Lipinski definition) is 9. The maximum Gasteiger partial charge on any atom is 0.573 e. The standard InChI is InChI=1S/C33H43F3N6O4Si/c1-8-44-30(43)25-21-42(17-18-45-47(6,7)32(2,3)4)29-24(25)11-9-22-20-37-31(39-28(22)29)38-26-19-23(41-15-13-40(5)14-16-41)10-12-27(26)46-33(34,35)36/h9-12,19-21H,8,13-18H2,1-7H3,(H,37,38,39). The van der Waals surface area contributed by atoms with Crippen molar-refractivity contribution in [3.63, 3.8) is 0 Å². The molecule has 2 aromatic heterocycles. The molecule has 47 heavy (non-hydrogen) atoms. The van der Waals surface area contributed by atoms with Gasteiger partial charge >= 0.3 is 12.3 Å². The van der Waals surface area contributed by atoms with E-state index in [0.29, 0.717) is 40.5 Å². The molecule has 1 N–H and O–H groups in total. The minimum absolute atomic E-state index is 0.0265. The molecule has 10 nitrogen and oxygen atoms in total. The summed E-state index contributed by atoms with van der Waals surface area (Å²) in [5, 5.41) is 4.35. The average Bonchev–Trinajstić information content (AvgIpc) is 3.36. The number of piperazine rings is 1. The van der Waals surface area contributed by atoms with Crippen molar-refractivity contribution < 1.29 is 31.9 Å². The van der Waals surface area contributed by atoms with E-state index >= 15 is 0 Å². The van der Waals surface area contributed by atoms with Crippen LogP contribution in [0, 0.1) is 0 Å². The fraction of sp³-hybridized carbons (Fsp3) is 0.485. The van der Waals surface area contributed by atoms with Crippen molar-refractivity contribution in [3.05, 3.63) is 48.3 Å². The minimum Gasteiger partial charge on any atom is -0.462 e. The number of hydrogen-bond donors (Lipinski definition) is 1. The topological polar surface area (TPSA) is 94.0 Å². The summed E-state index contributed by atoms with van der Waals surface area (Å²) >= 11 is 0. The Hall–Kier alpha value is -3.88. The maximum absolute atomic E-state index is 13.4. The molecule has 0 saturated carbocycles. The third kappa shape index (κ3) is 7.82. The van der Waals surface area contributed by atoms with Gasteiger partial charge in [0.25, 0.3) is 0 Å². The van der Waals surface area contributed by atoms with Crippen LogP contribution in [-0.4, -0.2) is 86.5 Å². The monoisotopic (exact) mass is 672 g/mol. The molecule has 0 aliphatic carbocycles. The molecule has 1 saturated heterocycles. The van der Waals surface area contributed by atoms with E-state index in [1.54, 1.807) is 31.5 Å². The summed E-state index contributed by atoms with van der Waals surface area (Å²) in [5.41, 5.74) is 2.43. The molecule has 3 heterocycles. The quantitative estimate of drug-likeness (QED) is 0.139. The number of halogens is 3. The number of ether oxygens (including phenoxy) is 2. The minimum atomic E-state index is -4.89. The zero-order valence-electron chi connectivity index (χ0n) is 28.0. The van der Waals surface area contributed by atoms with E-state index < -0.39 is 26.4 Å². The van der Waals surface area contributed by atoms with Crippen molar-refractivity contribution in [2.45, 2.75) is 58.7 Å². The lowest BCUT2D eigenvalue weighted by molar-refractivity contribution is -0.274. The molecule has 0 radical (unpaired) electrons. The first-order valence-corrected chi connectivity index (χ1v) is 18.7. The molecule has 0 spiro atoms. The third-order valence-electron chi connectivity index (χ3n) is 8.99. The fourth-order valence-corrected chi connectivity index (χ4v) is 6.35. The Kier molecular flexibility index (Phi) is 9.76. The van der Waals surface area contributed by atoms with Crippen molar-refractivity contribution in [2.24, 2.45) is 0 Å². The van der Waals surface area contributed by atoms with Crippen molar-refractivity contribution in [3.8, 4) is 5.75 Å². The highest BCUT2D eigenvalue weighted by atomic mass is 28.4. The molecule has 0 unspecified atom stereocenters. The van der Waals surface area contributed by atoms with Gasteiger partial charge in [0.1, 0.15) is 5.52 Å². The number of rotatable bonds is 10. The van der Waals surface area contributed by atoms with Gasteiger partial charge in [0, 0.05) is 61.6 Å². The Bertz CT molecular complexity index is 1750. The van der Waals surface area contributed by atoms with Gasteiger partial charge in [-0.05, 0) is 50.3 Å². The van der Waals surface area contributed by atoms with Crippen LogP contribution in [0.15, 0.2) is 42.7 Å². The van der Waals surface area contributed by atoms with Gasteiger partial charge in [-0.1, -0.05) is 32.9 Å². The molecule has 4 aromatic rings. The van der Waals surface area contributed by atoms with Gasteiger partial charge in [0.05, 0.1) is 30.0 Å². The number of nitrogens with one attached hydrogen (secondary N) is 1. The number of carbonyl (C=O) groups excluding carboxylic acids is 1. The lowest BCUT2D eigenvalue weighted by Crippen LogP contribution is -2.44. The lowest BCUT2D eigenvalue weighted by atomic mass is 10.1. The molecule has 0 amide bonds. The second-order valence-corrected chi connectivity index (χ2v) is 18.1. The van der Waals surface area contributed by atoms with Gasteiger partial charge < -0.3 is 33.6 Å². The molecule has 5 rings (SSSR count). The molecule has 14 heteroatoms. The Balaban J connectivity index is 1.55. The van der Waals surface area contributed by atoms with Crippen molar-refractivity contribution in [1.29, 1.82) is 0 Å². The van der Waals surface area contributed by atoms with Gasteiger partial charge in [-0.2, -0.15) is 0 Å². The van der Waals surface area contributed by atoms with Crippen LogP contribution in [-0.2, 0) is 15.7 Å². The summed E-state index contributed by atoms with van der Waals surface area (Å²) in [6.07, 6.45) is -1.54. The SMILES string of the molecule is CCOC(=O)c1cn(CCO[Si](C)(C)C(C)(C)C)c2c1ccc1cnc(Nc3cc(N4CCN(C)CC4)ccc3OC(F)(F)F)nc12. The zero-order chi connectivity index (χ0) is 34.1. The third-order valence-corrected chi connectivity index (χ3v) is 13.5. The number of fused-ring (bicyclic) bond motifs is 3. The van der Waals surface area contributed by atoms with Crippen LogP contribution in [0.5, 0.6) is 5.75 Å². The summed E-state index contributed by atoms with van der Waals surface area (Å²) in [4.78, 5) is 26.5. The van der Waals surface area contributed by atoms with Gasteiger partial charge in [-0.15, -0.1) is 13.2 Å². The molecule has 0 bridgehead atoms. The molecule has 1 fully saturated rings. The second-order valence-electron chi connectivity index (χ2n) is 13.3. The van der Waals surface area contributed by atoms with Gasteiger partial charge in [0.15, 0.2) is 14.1 Å². The number of carbonyl (C=O) groups is 1. The van der Waals surface area contributed by atoms with Crippen LogP contribution in [0.25, 0.3) is 21.8 Å². The van der Waals surface area contributed by atoms with Crippen LogP contribution in [0.3, 0.4) is 0 Å². The Morgan fingerprint density at radius 2 is 1.79 bits per heavy atom. The average molecular weight is 673 g/mol. The Morgan fingerprint density at radius 1 is 1.06 bits per heavy atom. The van der Waals surface area contributed by atoms with Crippen molar-refractivity contribution in [2.75, 3.05) is 56.7 Å². The number of likely N-dealkylation sites (N-methyl/N-ethyl adjacent to an activating group) is 1. The van der Waals surface area contributed by atoms with Gasteiger partial charge in [-0.3, -0.25) is 0 Å². The molecular formula is C33H43F3N6O4Si. The van der Waals surface area contributed by atoms with E-state index in [0.717, 1.165) is 31.9 Å². The van der Waals surface area contributed by atoms with E-state index in [-0.39, 0.29) is 23.3 Å². The number of anilines is 3. The van der Waals surface area contributed by atoms with Crippen molar-refractivity contribution in [1.82, 2.24) is 19.4 Å². The molecule has 1 aliphatic heterocycles. The predicted molar refractivity (Wildman–Crippen MR) is 180 cm³/mol. The Morgan fingerprint density at radius 3 is 2.45 bits per heavy atom. The number of benzene rings is 2. The van der Waals surface area contributed by atoms with E-state index in [1.165, 1.54) is 6.07 Å². The summed E-state index contributed by atoms with van der Waals surface area (Å²) < 4.78 is 58.3. The van der Waals surface area contributed by atoms with Crippen LogP contribution < -0.4 is 15.0 Å². The van der Waals surface area contributed by atoms with E-state index in [4.69, 9.17) is 14.1 Å². The van der Waals surface area contributed by atoms with Gasteiger partial charge in [0.2, 0.25) is 5.95 Å². The van der Waals surface area contributed by atoms with Crippen LogP contribution >= 0.6 is 0 Å². The molecule has 1 aliphatic rings. The number of aromatic nitrogens is 3. The molecule has 0 atom stereocenters. The van der Waals surface area contributed by atoms with Crippen LogP contribution in [0.1, 0.15) is 38.1 Å². The zero-order valence-corrected chi connectivity index (χ0v) is 29.0. The molecular weight excluding hydrogens is 629 g/mol. The number of nitrogens with zero attached hydrogens (tertiary/aromatic N) is 5. The maximum atomic E-state index is 13.4. The molecule has 2 aromatic carbocycles. The highest BCUT2D eigenvalue weighted by Crippen LogP contribution is 2.38. The lowest BCUT2D eigenvalue weighted by Gasteiger charge is -2.36. The first-order chi connectivity index (χ1) is 22.1. The molecule has 254 valence electrons. The second kappa shape index (κ2) is 13.3. The van der Waals surface area contributed by atoms with Crippen LogP contribution in [0.4, 0.5) is 30.5 Å². The van der Waals surface area contributed by atoms with E-state index in [1.807, 2.05) is 23.7 Å². The van der Waals surface area contributed by atoms with E-state index in [2.05, 4.69) is 58.7 Å².